The number of anilines is 1. The van der Waals surface area contributed by atoms with Crippen LogP contribution in [0.25, 0.3) is 0 Å². The number of guanidine groups is 1. The first-order valence-corrected chi connectivity index (χ1v) is 11.2. The highest BCUT2D eigenvalue weighted by Crippen LogP contribution is 2.14. The van der Waals surface area contributed by atoms with Gasteiger partial charge in [-0.05, 0) is 49.6 Å². The molecule has 6 N–H and O–H groups in total. The Balaban J connectivity index is 2.07. The van der Waals surface area contributed by atoms with Crippen LogP contribution in [0.2, 0.25) is 0 Å². The summed E-state index contributed by atoms with van der Waals surface area (Å²) < 4.78 is 28.5. The largest absolute Gasteiger partial charge is 0.370 e. The van der Waals surface area contributed by atoms with E-state index < -0.39 is 34.1 Å². The SMILES string of the molecule is Cc1cccc(S(=O)(=O)Nc2cccn(CC(=O)N[C@H](C=O)CCCN=C(N)N)c2=O)c1. The molecule has 1 aromatic carbocycles. The molecule has 0 bridgehead atoms. The molecule has 0 aliphatic rings. The average molecular weight is 463 g/mol. The number of nitrogens with zero attached hydrogens (tertiary/aromatic N) is 2. The smallest absolute Gasteiger partial charge is 0.275 e. The molecule has 1 aromatic heterocycles. The highest BCUT2D eigenvalue weighted by molar-refractivity contribution is 7.92. The Kier molecular flexibility index (Phi) is 8.53. The first-order chi connectivity index (χ1) is 15.1. The van der Waals surface area contributed by atoms with Crippen molar-refractivity contribution in [2.24, 2.45) is 16.5 Å². The standard InChI is InChI=1S/C20H26N6O5S/c1-14-5-2-7-16(11-14)32(30,31)25-17-8-4-10-26(19(17)29)12-18(28)24-15(13-27)6-3-9-23-20(21)22/h2,4-5,7-8,10-11,13,15,25H,3,6,9,12H2,1H3,(H,24,28)(H4,21,22,23)/t15-/m0/s1. The van der Waals surface area contributed by atoms with Gasteiger partial charge in [0, 0.05) is 12.7 Å². The molecule has 1 heterocycles. The molecular formula is C20H26N6O5S. The third-order valence-corrected chi connectivity index (χ3v) is 5.72. The lowest BCUT2D eigenvalue weighted by Crippen LogP contribution is -2.40. The number of benzene rings is 1. The Bertz CT molecular complexity index is 1160. The molecule has 11 nitrogen and oxygen atoms in total. The number of aliphatic imine (C=N–C) groups is 1. The normalized spacial score (nSPS) is 11.9. The van der Waals surface area contributed by atoms with Crippen molar-refractivity contribution >= 4 is 33.9 Å². The van der Waals surface area contributed by atoms with Crippen LogP contribution in [0.3, 0.4) is 0 Å². The fraction of sp³-hybridized carbons (Fsp3) is 0.300. The van der Waals surface area contributed by atoms with Crippen molar-refractivity contribution in [1.29, 1.82) is 0 Å². The minimum absolute atomic E-state index is 0.0135. The maximum absolute atomic E-state index is 12.7. The second kappa shape index (κ2) is 11.1. The molecule has 0 aliphatic heterocycles. The van der Waals surface area contributed by atoms with Gasteiger partial charge in [-0.25, -0.2) is 8.42 Å². The number of carbonyl (C=O) groups excluding carboxylic acids is 2. The molecule has 0 aliphatic carbocycles. The summed E-state index contributed by atoms with van der Waals surface area (Å²) in [4.78, 5) is 40.0. The van der Waals surface area contributed by atoms with Gasteiger partial charge in [0.15, 0.2) is 5.96 Å². The second-order valence-corrected chi connectivity index (χ2v) is 8.72. The molecule has 0 fully saturated rings. The molecule has 1 amide bonds. The van der Waals surface area contributed by atoms with E-state index in [4.69, 9.17) is 11.5 Å². The van der Waals surface area contributed by atoms with E-state index in [0.29, 0.717) is 25.7 Å². The number of nitrogens with two attached hydrogens (primary N) is 2. The summed E-state index contributed by atoms with van der Waals surface area (Å²) in [5, 5.41) is 2.51. The summed E-state index contributed by atoms with van der Waals surface area (Å²) in [5.74, 6) is -0.640. The number of aromatic nitrogens is 1. The van der Waals surface area contributed by atoms with Gasteiger partial charge >= 0.3 is 0 Å². The lowest BCUT2D eigenvalue weighted by atomic mass is 10.2. The Morgan fingerprint density at radius 3 is 2.66 bits per heavy atom. The zero-order valence-corrected chi connectivity index (χ0v) is 18.3. The van der Waals surface area contributed by atoms with Gasteiger partial charge in [-0.3, -0.25) is 19.3 Å². The van der Waals surface area contributed by atoms with Crippen LogP contribution in [0.1, 0.15) is 18.4 Å². The van der Waals surface area contributed by atoms with Gasteiger partial charge in [0.2, 0.25) is 5.91 Å². The Labute approximate surface area is 185 Å². The van der Waals surface area contributed by atoms with Gasteiger partial charge in [0.05, 0.1) is 10.9 Å². The van der Waals surface area contributed by atoms with Crippen molar-refractivity contribution in [3.63, 3.8) is 0 Å². The van der Waals surface area contributed by atoms with Crippen LogP contribution < -0.4 is 27.1 Å². The van der Waals surface area contributed by atoms with E-state index in [2.05, 4.69) is 15.0 Å². The van der Waals surface area contributed by atoms with Crippen molar-refractivity contribution in [3.05, 3.63) is 58.5 Å². The van der Waals surface area contributed by atoms with Crippen molar-refractivity contribution in [2.45, 2.75) is 37.2 Å². The lowest BCUT2D eigenvalue weighted by molar-refractivity contribution is -0.124. The molecule has 0 saturated carbocycles. The fourth-order valence-electron chi connectivity index (χ4n) is 2.83. The maximum Gasteiger partial charge on any atom is 0.275 e. The monoisotopic (exact) mass is 462 g/mol. The van der Waals surface area contributed by atoms with E-state index >= 15 is 0 Å². The van der Waals surface area contributed by atoms with Crippen molar-refractivity contribution < 1.29 is 18.0 Å². The van der Waals surface area contributed by atoms with Crippen molar-refractivity contribution in [1.82, 2.24) is 9.88 Å². The van der Waals surface area contributed by atoms with Crippen LogP contribution in [0, 0.1) is 6.92 Å². The average Bonchev–Trinajstić information content (AvgIpc) is 2.73. The number of carbonyl (C=O) groups is 2. The molecule has 1 atom stereocenters. The number of sulfonamides is 1. The summed E-state index contributed by atoms with van der Waals surface area (Å²) in [6.45, 7) is 1.67. The van der Waals surface area contributed by atoms with E-state index in [9.17, 15) is 22.8 Å². The van der Waals surface area contributed by atoms with Crippen molar-refractivity contribution in [3.8, 4) is 0 Å². The Hall–Kier alpha value is -3.67. The quantitative estimate of drug-likeness (QED) is 0.153. The third-order valence-electron chi connectivity index (χ3n) is 4.36. The van der Waals surface area contributed by atoms with E-state index in [1.165, 1.54) is 30.5 Å². The van der Waals surface area contributed by atoms with Crippen LogP contribution in [-0.4, -0.2) is 43.7 Å². The second-order valence-electron chi connectivity index (χ2n) is 7.04. The molecule has 12 heteroatoms. The van der Waals surface area contributed by atoms with Gasteiger partial charge in [0.1, 0.15) is 18.5 Å². The number of aryl methyl sites for hydroxylation is 1. The van der Waals surface area contributed by atoms with Gasteiger partial charge in [-0.2, -0.15) is 0 Å². The van der Waals surface area contributed by atoms with Gasteiger partial charge in [-0.1, -0.05) is 12.1 Å². The topological polar surface area (TPSA) is 179 Å². The van der Waals surface area contributed by atoms with Crippen LogP contribution in [0.4, 0.5) is 5.69 Å². The van der Waals surface area contributed by atoms with Gasteiger partial charge < -0.3 is 26.1 Å². The van der Waals surface area contributed by atoms with Crippen molar-refractivity contribution in [2.75, 3.05) is 11.3 Å². The van der Waals surface area contributed by atoms with Gasteiger partial charge in [0.25, 0.3) is 15.6 Å². The molecular weight excluding hydrogens is 436 g/mol. The molecule has 172 valence electrons. The predicted octanol–water partition coefficient (Wildman–Crippen LogP) is -0.305. The highest BCUT2D eigenvalue weighted by Gasteiger charge is 2.18. The van der Waals surface area contributed by atoms with Gasteiger partial charge in [-0.15, -0.1) is 0 Å². The van der Waals surface area contributed by atoms with E-state index in [1.54, 1.807) is 19.1 Å². The molecule has 0 spiro atoms. The van der Waals surface area contributed by atoms with Crippen LogP contribution in [0.15, 0.2) is 57.3 Å². The first-order valence-electron chi connectivity index (χ1n) is 9.71. The highest BCUT2D eigenvalue weighted by atomic mass is 32.2. The van der Waals surface area contributed by atoms with Crippen LogP contribution >= 0.6 is 0 Å². The van der Waals surface area contributed by atoms with Crippen LogP contribution in [-0.2, 0) is 26.2 Å². The molecule has 2 rings (SSSR count). The number of hydrogen-bond donors (Lipinski definition) is 4. The molecule has 0 saturated heterocycles. The van der Waals surface area contributed by atoms with E-state index in [-0.39, 0.29) is 16.5 Å². The number of nitrogens with one attached hydrogen (secondary N) is 2. The molecule has 2 aromatic rings. The summed E-state index contributed by atoms with van der Waals surface area (Å²) >= 11 is 0. The fourth-order valence-corrected chi connectivity index (χ4v) is 3.99. The Morgan fingerprint density at radius 1 is 1.25 bits per heavy atom. The zero-order chi connectivity index (χ0) is 23.7. The molecule has 0 unspecified atom stereocenters. The van der Waals surface area contributed by atoms with E-state index in [1.807, 2.05) is 0 Å². The molecule has 0 radical (unpaired) electrons. The summed E-state index contributed by atoms with van der Waals surface area (Å²) in [6.07, 6.45) is 2.72. The number of amides is 1. The molecule has 32 heavy (non-hydrogen) atoms. The van der Waals surface area contributed by atoms with E-state index in [0.717, 1.165) is 10.1 Å². The summed E-state index contributed by atoms with van der Waals surface area (Å²) in [7, 11) is -3.98. The maximum atomic E-state index is 12.7. The van der Waals surface area contributed by atoms with Crippen LogP contribution in [0.5, 0.6) is 0 Å². The minimum atomic E-state index is -3.98. The number of hydrogen-bond acceptors (Lipinski definition) is 6. The summed E-state index contributed by atoms with van der Waals surface area (Å²) in [5.41, 5.74) is 10.3. The lowest BCUT2D eigenvalue weighted by Gasteiger charge is -2.14. The first kappa shape index (κ1) is 24.6. The minimum Gasteiger partial charge on any atom is -0.370 e. The zero-order valence-electron chi connectivity index (χ0n) is 17.5. The predicted molar refractivity (Wildman–Crippen MR) is 121 cm³/mol. The number of pyridine rings is 1. The Morgan fingerprint density at radius 2 is 2.00 bits per heavy atom. The number of rotatable bonds is 11. The third kappa shape index (κ3) is 7.23. The summed E-state index contributed by atoms with van der Waals surface area (Å²) in [6, 6.07) is 8.22. The number of aldehydes is 1.